The van der Waals surface area contributed by atoms with Gasteiger partial charge >= 0.3 is 0 Å². The normalized spacial score (nSPS) is 14.3. The Labute approximate surface area is 129 Å². The molecule has 0 unspecified atom stereocenters. The van der Waals surface area contributed by atoms with Crippen LogP contribution in [0.3, 0.4) is 0 Å². The molecule has 1 aromatic carbocycles. The maximum Gasteiger partial charge on any atom is 0.252 e. The third kappa shape index (κ3) is 3.56. The molecule has 4 heteroatoms. The van der Waals surface area contributed by atoms with Crippen molar-refractivity contribution in [2.45, 2.75) is 43.7 Å². The quantitative estimate of drug-likeness (QED) is 0.647. The second-order valence-corrected chi connectivity index (χ2v) is 6.59. The van der Waals surface area contributed by atoms with E-state index < -0.39 is 0 Å². The number of amides is 1. The summed E-state index contributed by atoms with van der Waals surface area (Å²) in [5, 5.41) is 4.97. The predicted molar refractivity (Wildman–Crippen MR) is 87.9 cm³/mol. The number of rotatable bonds is 6. The van der Waals surface area contributed by atoms with Crippen LogP contribution < -0.4 is 5.32 Å². The van der Waals surface area contributed by atoms with Gasteiger partial charge in [-0.25, -0.2) is 4.98 Å². The van der Waals surface area contributed by atoms with Gasteiger partial charge in [0.05, 0.1) is 16.1 Å². The summed E-state index contributed by atoms with van der Waals surface area (Å²) in [6, 6.07) is 10.2. The van der Waals surface area contributed by atoms with Crippen LogP contribution in [0.15, 0.2) is 35.4 Å². The van der Waals surface area contributed by atoms with E-state index in [1.807, 2.05) is 30.3 Å². The lowest BCUT2D eigenvalue weighted by Gasteiger charge is -2.09. The highest BCUT2D eigenvalue weighted by atomic mass is 32.2. The molecule has 21 heavy (non-hydrogen) atoms. The maximum atomic E-state index is 12.4. The third-order valence-electron chi connectivity index (χ3n) is 3.60. The fourth-order valence-corrected chi connectivity index (χ4v) is 3.23. The van der Waals surface area contributed by atoms with Crippen LogP contribution in [0.4, 0.5) is 0 Å². The van der Waals surface area contributed by atoms with Crippen molar-refractivity contribution in [3.05, 3.63) is 35.9 Å². The minimum Gasteiger partial charge on any atom is -0.349 e. The molecule has 1 amide bonds. The molecule has 3 rings (SSSR count). The van der Waals surface area contributed by atoms with Gasteiger partial charge in [-0.3, -0.25) is 4.79 Å². The number of nitrogens with zero attached hydrogens (tertiary/aromatic N) is 1. The molecule has 0 radical (unpaired) electrons. The number of benzene rings is 1. The molecule has 0 bridgehead atoms. The smallest absolute Gasteiger partial charge is 0.252 e. The fraction of sp³-hybridized carbons (Fsp3) is 0.412. The van der Waals surface area contributed by atoms with Gasteiger partial charge in [0.25, 0.3) is 5.91 Å². The van der Waals surface area contributed by atoms with Crippen molar-refractivity contribution < 1.29 is 4.79 Å². The Bertz CT molecular complexity index is 652. The standard InChI is InChI=1S/C17H20N2OS/c1-2-3-10-21-16-11-14(17(20)18-12-8-9-12)13-6-4-5-7-15(13)19-16/h4-7,11-12H,2-3,8-10H2,1H3,(H,18,20). The van der Waals surface area contributed by atoms with Gasteiger partial charge in [0.15, 0.2) is 0 Å². The maximum absolute atomic E-state index is 12.4. The Balaban J connectivity index is 1.92. The zero-order valence-corrected chi connectivity index (χ0v) is 13.1. The Morgan fingerprint density at radius 1 is 1.38 bits per heavy atom. The number of unbranched alkanes of at least 4 members (excludes halogenated alkanes) is 1. The van der Waals surface area contributed by atoms with Crippen molar-refractivity contribution in [3.63, 3.8) is 0 Å². The van der Waals surface area contributed by atoms with Crippen LogP contribution in [0.2, 0.25) is 0 Å². The number of nitrogens with one attached hydrogen (secondary N) is 1. The molecular formula is C17H20N2OS. The van der Waals surface area contributed by atoms with Gasteiger partial charge in [-0.05, 0) is 37.1 Å². The molecule has 1 N–H and O–H groups in total. The molecule has 0 aliphatic heterocycles. The second-order valence-electron chi connectivity index (χ2n) is 5.47. The van der Waals surface area contributed by atoms with E-state index in [1.54, 1.807) is 11.8 Å². The monoisotopic (exact) mass is 300 g/mol. The second kappa shape index (κ2) is 6.48. The first-order valence-corrected chi connectivity index (χ1v) is 8.60. The van der Waals surface area contributed by atoms with E-state index in [1.165, 1.54) is 12.8 Å². The average Bonchev–Trinajstić information content (AvgIpc) is 3.30. The number of carbonyl (C=O) groups is 1. The van der Waals surface area contributed by atoms with Crippen LogP contribution in [0.5, 0.6) is 0 Å². The molecule has 0 atom stereocenters. The van der Waals surface area contributed by atoms with Crippen LogP contribution in [0.25, 0.3) is 10.9 Å². The van der Waals surface area contributed by atoms with Crippen LogP contribution in [-0.2, 0) is 0 Å². The summed E-state index contributed by atoms with van der Waals surface area (Å²) in [7, 11) is 0. The summed E-state index contributed by atoms with van der Waals surface area (Å²) in [5.74, 6) is 1.08. The van der Waals surface area contributed by atoms with Crippen molar-refractivity contribution in [3.8, 4) is 0 Å². The minimum atomic E-state index is 0.0356. The summed E-state index contributed by atoms with van der Waals surface area (Å²) in [6.07, 6.45) is 4.55. The SMILES string of the molecule is CCCCSc1cc(C(=O)NC2CC2)c2ccccc2n1. The molecule has 3 nitrogen and oxygen atoms in total. The number of hydrogen-bond acceptors (Lipinski definition) is 3. The molecule has 1 heterocycles. The molecule has 1 fully saturated rings. The highest BCUT2D eigenvalue weighted by molar-refractivity contribution is 7.99. The van der Waals surface area contributed by atoms with E-state index in [0.29, 0.717) is 6.04 Å². The minimum absolute atomic E-state index is 0.0356. The lowest BCUT2D eigenvalue weighted by molar-refractivity contribution is 0.0952. The fourth-order valence-electron chi connectivity index (χ4n) is 2.22. The van der Waals surface area contributed by atoms with Crippen molar-refractivity contribution in [2.75, 3.05) is 5.75 Å². The van der Waals surface area contributed by atoms with Crippen molar-refractivity contribution in [2.24, 2.45) is 0 Å². The van der Waals surface area contributed by atoms with Gasteiger partial charge in [-0.2, -0.15) is 0 Å². The lowest BCUT2D eigenvalue weighted by atomic mass is 10.1. The van der Waals surface area contributed by atoms with E-state index in [-0.39, 0.29) is 5.91 Å². The average molecular weight is 300 g/mol. The van der Waals surface area contributed by atoms with Crippen molar-refractivity contribution in [1.29, 1.82) is 0 Å². The molecule has 0 spiro atoms. The van der Waals surface area contributed by atoms with Crippen LogP contribution in [0.1, 0.15) is 43.0 Å². The van der Waals surface area contributed by atoms with Gasteiger partial charge in [-0.1, -0.05) is 31.5 Å². The van der Waals surface area contributed by atoms with E-state index in [4.69, 9.17) is 0 Å². The number of pyridine rings is 1. The first-order valence-electron chi connectivity index (χ1n) is 7.61. The summed E-state index contributed by atoms with van der Waals surface area (Å²) in [4.78, 5) is 17.1. The zero-order valence-electron chi connectivity index (χ0n) is 12.3. The van der Waals surface area contributed by atoms with Crippen molar-refractivity contribution in [1.82, 2.24) is 10.3 Å². The Morgan fingerprint density at radius 2 is 2.19 bits per heavy atom. The molecule has 1 aromatic heterocycles. The Hall–Kier alpha value is -1.55. The number of carbonyl (C=O) groups excluding carboxylic acids is 1. The van der Waals surface area contributed by atoms with Gasteiger partial charge in [-0.15, -0.1) is 11.8 Å². The summed E-state index contributed by atoms with van der Waals surface area (Å²) in [6.45, 7) is 2.18. The Morgan fingerprint density at radius 3 is 2.95 bits per heavy atom. The summed E-state index contributed by atoms with van der Waals surface area (Å²) in [5.41, 5.74) is 1.66. The first-order chi connectivity index (χ1) is 10.3. The highest BCUT2D eigenvalue weighted by Gasteiger charge is 2.24. The predicted octanol–water partition coefficient (Wildman–Crippen LogP) is 4.02. The van der Waals surface area contributed by atoms with E-state index in [0.717, 1.165) is 40.1 Å². The number of aromatic nitrogens is 1. The highest BCUT2D eigenvalue weighted by Crippen LogP contribution is 2.26. The van der Waals surface area contributed by atoms with Gasteiger partial charge in [0.1, 0.15) is 0 Å². The van der Waals surface area contributed by atoms with Gasteiger partial charge in [0, 0.05) is 11.4 Å². The lowest BCUT2D eigenvalue weighted by Crippen LogP contribution is -2.25. The largest absolute Gasteiger partial charge is 0.349 e. The van der Waals surface area contributed by atoms with E-state index in [9.17, 15) is 4.79 Å². The molecule has 0 saturated heterocycles. The molecular weight excluding hydrogens is 280 g/mol. The zero-order chi connectivity index (χ0) is 14.7. The number of para-hydroxylation sites is 1. The van der Waals surface area contributed by atoms with Gasteiger partial charge < -0.3 is 5.32 Å². The summed E-state index contributed by atoms with van der Waals surface area (Å²) < 4.78 is 0. The van der Waals surface area contributed by atoms with Crippen LogP contribution >= 0.6 is 11.8 Å². The number of fused-ring (bicyclic) bond motifs is 1. The van der Waals surface area contributed by atoms with E-state index >= 15 is 0 Å². The first kappa shape index (κ1) is 14.4. The Kier molecular flexibility index (Phi) is 4.44. The number of hydrogen-bond donors (Lipinski definition) is 1. The van der Waals surface area contributed by atoms with Crippen LogP contribution in [0, 0.1) is 0 Å². The molecule has 110 valence electrons. The molecule has 1 aliphatic rings. The molecule has 1 saturated carbocycles. The topological polar surface area (TPSA) is 42.0 Å². The van der Waals surface area contributed by atoms with E-state index in [2.05, 4.69) is 17.2 Å². The van der Waals surface area contributed by atoms with Crippen LogP contribution in [-0.4, -0.2) is 22.7 Å². The van der Waals surface area contributed by atoms with Crippen molar-refractivity contribution >= 4 is 28.6 Å². The molecule has 2 aromatic rings. The molecule has 1 aliphatic carbocycles. The third-order valence-corrected chi connectivity index (χ3v) is 4.60. The summed E-state index contributed by atoms with van der Waals surface area (Å²) >= 11 is 1.73. The van der Waals surface area contributed by atoms with Gasteiger partial charge in [0.2, 0.25) is 0 Å². The number of thioether (sulfide) groups is 1.